The van der Waals surface area contributed by atoms with E-state index in [1.165, 1.54) is 25.4 Å². The Bertz CT molecular complexity index is 422. The normalized spacial score (nSPS) is 11.9. The van der Waals surface area contributed by atoms with Crippen LogP contribution in [0, 0.1) is 0 Å². The number of halogens is 1. The van der Waals surface area contributed by atoms with Crippen molar-refractivity contribution in [1.29, 1.82) is 0 Å². The molecule has 0 fully saturated rings. The lowest BCUT2D eigenvalue weighted by atomic mass is 10.2. The molecule has 7 heteroatoms. The number of rotatable bonds is 6. The lowest BCUT2D eigenvalue weighted by Gasteiger charge is -2.13. The number of nitrogens with zero attached hydrogens (tertiary/aromatic N) is 1. The molecule has 0 saturated heterocycles. The van der Waals surface area contributed by atoms with Gasteiger partial charge in [0.25, 0.3) is 5.91 Å². The predicted octanol–water partition coefficient (Wildman–Crippen LogP) is 0.955. The SMILES string of the molecule is COC(CNC(=O)c1ccc(Cl)nc1)CC(=O)O. The number of carboxylic acid groups (broad SMARTS) is 1. The Morgan fingerprint density at radius 2 is 2.28 bits per heavy atom. The smallest absolute Gasteiger partial charge is 0.306 e. The number of ether oxygens (including phenoxy) is 1. The van der Waals surface area contributed by atoms with Gasteiger partial charge in [-0.25, -0.2) is 4.98 Å². The number of pyridine rings is 1. The minimum absolute atomic E-state index is 0.115. The summed E-state index contributed by atoms with van der Waals surface area (Å²) in [7, 11) is 1.39. The van der Waals surface area contributed by atoms with Crippen molar-refractivity contribution >= 4 is 23.5 Å². The molecule has 2 N–H and O–H groups in total. The molecule has 1 atom stereocenters. The van der Waals surface area contributed by atoms with Crippen LogP contribution in [0.2, 0.25) is 5.15 Å². The molecule has 0 saturated carbocycles. The summed E-state index contributed by atoms with van der Waals surface area (Å²) < 4.78 is 4.93. The topological polar surface area (TPSA) is 88.5 Å². The van der Waals surface area contributed by atoms with Crippen molar-refractivity contribution in [3.8, 4) is 0 Å². The van der Waals surface area contributed by atoms with Crippen LogP contribution < -0.4 is 5.32 Å². The summed E-state index contributed by atoms with van der Waals surface area (Å²) in [5.41, 5.74) is 0.351. The molecule has 0 bridgehead atoms. The molecular formula is C11H13ClN2O4. The summed E-state index contributed by atoms with van der Waals surface area (Å²) in [5.74, 6) is -1.34. The van der Waals surface area contributed by atoms with Gasteiger partial charge in [0, 0.05) is 19.9 Å². The Hall–Kier alpha value is -1.66. The second kappa shape index (κ2) is 6.93. The van der Waals surface area contributed by atoms with Crippen LogP contribution in [-0.2, 0) is 9.53 Å². The molecule has 1 aromatic rings. The highest BCUT2D eigenvalue weighted by Crippen LogP contribution is 2.05. The van der Waals surface area contributed by atoms with Gasteiger partial charge in [-0.15, -0.1) is 0 Å². The van der Waals surface area contributed by atoms with Gasteiger partial charge < -0.3 is 15.2 Å². The van der Waals surface area contributed by atoms with Crippen molar-refractivity contribution in [2.24, 2.45) is 0 Å². The number of carboxylic acids is 1. The van der Waals surface area contributed by atoms with Gasteiger partial charge in [-0.3, -0.25) is 9.59 Å². The van der Waals surface area contributed by atoms with Crippen LogP contribution in [-0.4, -0.2) is 41.7 Å². The van der Waals surface area contributed by atoms with E-state index >= 15 is 0 Å². The predicted molar refractivity (Wildman–Crippen MR) is 64.6 cm³/mol. The van der Waals surface area contributed by atoms with E-state index in [1.807, 2.05) is 0 Å². The van der Waals surface area contributed by atoms with Crippen LogP contribution in [0.4, 0.5) is 0 Å². The zero-order valence-electron chi connectivity index (χ0n) is 9.72. The molecule has 1 aromatic heterocycles. The molecule has 18 heavy (non-hydrogen) atoms. The van der Waals surface area contributed by atoms with Gasteiger partial charge in [0.15, 0.2) is 0 Å². The van der Waals surface area contributed by atoms with Crippen LogP contribution in [0.15, 0.2) is 18.3 Å². The molecule has 0 radical (unpaired) electrons. The van der Waals surface area contributed by atoms with Crippen molar-refractivity contribution in [1.82, 2.24) is 10.3 Å². The van der Waals surface area contributed by atoms with E-state index in [-0.39, 0.29) is 18.9 Å². The average Bonchev–Trinajstić information content (AvgIpc) is 2.34. The zero-order chi connectivity index (χ0) is 13.5. The molecule has 1 heterocycles. The molecule has 0 aliphatic heterocycles. The van der Waals surface area contributed by atoms with E-state index in [0.717, 1.165) is 0 Å². The van der Waals surface area contributed by atoms with E-state index in [2.05, 4.69) is 10.3 Å². The second-order valence-corrected chi connectivity index (χ2v) is 3.92. The number of methoxy groups -OCH3 is 1. The van der Waals surface area contributed by atoms with E-state index in [9.17, 15) is 9.59 Å². The molecule has 0 aromatic carbocycles. The average molecular weight is 273 g/mol. The first-order valence-electron chi connectivity index (χ1n) is 5.17. The van der Waals surface area contributed by atoms with Gasteiger partial charge in [0.05, 0.1) is 18.1 Å². The number of carbonyl (C=O) groups is 2. The summed E-state index contributed by atoms with van der Waals surface area (Å²) in [6.45, 7) is 0.115. The second-order valence-electron chi connectivity index (χ2n) is 3.54. The maximum absolute atomic E-state index is 11.7. The van der Waals surface area contributed by atoms with Crippen LogP contribution >= 0.6 is 11.6 Å². The molecule has 0 aliphatic carbocycles. The minimum atomic E-state index is -0.982. The Balaban J connectivity index is 2.49. The van der Waals surface area contributed by atoms with Crippen LogP contribution in [0.1, 0.15) is 16.8 Å². The van der Waals surface area contributed by atoms with E-state index < -0.39 is 12.1 Å². The highest BCUT2D eigenvalue weighted by Gasteiger charge is 2.14. The molecule has 1 amide bonds. The van der Waals surface area contributed by atoms with Crippen molar-refractivity contribution in [3.05, 3.63) is 29.0 Å². The maximum Gasteiger partial charge on any atom is 0.306 e. The van der Waals surface area contributed by atoms with Crippen molar-refractivity contribution in [2.45, 2.75) is 12.5 Å². The molecule has 6 nitrogen and oxygen atoms in total. The van der Waals surface area contributed by atoms with Crippen molar-refractivity contribution < 1.29 is 19.4 Å². The molecule has 0 spiro atoms. The third kappa shape index (κ3) is 4.68. The molecule has 0 aliphatic rings. The number of hydrogen-bond acceptors (Lipinski definition) is 4. The van der Waals surface area contributed by atoms with Gasteiger partial charge in [0.1, 0.15) is 5.15 Å². The van der Waals surface area contributed by atoms with Crippen LogP contribution in [0.5, 0.6) is 0 Å². The van der Waals surface area contributed by atoms with Gasteiger partial charge in [-0.1, -0.05) is 11.6 Å². The minimum Gasteiger partial charge on any atom is -0.481 e. The Labute approximate surface area is 109 Å². The Kier molecular flexibility index (Phi) is 5.54. The largest absolute Gasteiger partial charge is 0.481 e. The molecule has 1 unspecified atom stereocenters. The van der Waals surface area contributed by atoms with Crippen molar-refractivity contribution in [3.63, 3.8) is 0 Å². The Morgan fingerprint density at radius 3 is 2.78 bits per heavy atom. The monoisotopic (exact) mass is 272 g/mol. The van der Waals surface area contributed by atoms with Crippen LogP contribution in [0.3, 0.4) is 0 Å². The number of aliphatic carboxylic acids is 1. The zero-order valence-corrected chi connectivity index (χ0v) is 10.5. The number of aromatic nitrogens is 1. The van der Waals surface area contributed by atoms with Gasteiger partial charge >= 0.3 is 5.97 Å². The number of hydrogen-bond donors (Lipinski definition) is 2. The van der Waals surface area contributed by atoms with E-state index in [4.69, 9.17) is 21.4 Å². The molecule has 1 rings (SSSR count). The quantitative estimate of drug-likeness (QED) is 0.753. The first kappa shape index (κ1) is 14.4. The van der Waals surface area contributed by atoms with Gasteiger partial charge in [-0.05, 0) is 12.1 Å². The highest BCUT2D eigenvalue weighted by atomic mass is 35.5. The lowest BCUT2D eigenvalue weighted by Crippen LogP contribution is -2.34. The first-order chi connectivity index (χ1) is 8.52. The van der Waals surface area contributed by atoms with E-state index in [1.54, 1.807) is 0 Å². The number of amides is 1. The highest BCUT2D eigenvalue weighted by molar-refractivity contribution is 6.29. The number of carbonyl (C=O) groups excluding carboxylic acids is 1. The van der Waals surface area contributed by atoms with Gasteiger partial charge in [0.2, 0.25) is 0 Å². The summed E-state index contributed by atoms with van der Waals surface area (Å²) in [4.78, 5) is 25.9. The molecular weight excluding hydrogens is 260 g/mol. The fourth-order valence-electron chi connectivity index (χ4n) is 1.25. The number of nitrogens with one attached hydrogen (secondary N) is 1. The third-order valence-corrected chi connectivity index (χ3v) is 2.44. The van der Waals surface area contributed by atoms with Gasteiger partial charge in [-0.2, -0.15) is 0 Å². The summed E-state index contributed by atoms with van der Waals surface area (Å²) in [6, 6.07) is 3.03. The first-order valence-corrected chi connectivity index (χ1v) is 5.55. The van der Waals surface area contributed by atoms with Crippen molar-refractivity contribution in [2.75, 3.05) is 13.7 Å². The fourth-order valence-corrected chi connectivity index (χ4v) is 1.36. The standard InChI is InChI=1S/C11H13ClN2O4/c1-18-8(4-10(15)16)6-14-11(17)7-2-3-9(12)13-5-7/h2-3,5,8H,4,6H2,1H3,(H,14,17)(H,15,16). The summed E-state index contributed by atoms with van der Waals surface area (Å²) >= 11 is 5.60. The van der Waals surface area contributed by atoms with E-state index in [0.29, 0.717) is 10.7 Å². The summed E-state index contributed by atoms with van der Waals surface area (Å²) in [5, 5.41) is 11.5. The summed E-state index contributed by atoms with van der Waals surface area (Å²) in [6.07, 6.45) is 0.610. The maximum atomic E-state index is 11.7. The fraction of sp³-hybridized carbons (Fsp3) is 0.364. The lowest BCUT2D eigenvalue weighted by molar-refractivity contribution is -0.139. The Morgan fingerprint density at radius 1 is 1.56 bits per heavy atom. The van der Waals surface area contributed by atoms with Crippen LogP contribution in [0.25, 0.3) is 0 Å². The molecule has 98 valence electrons. The third-order valence-electron chi connectivity index (χ3n) is 2.22.